The molecule has 2 aromatic carbocycles. The van der Waals surface area contributed by atoms with E-state index in [2.05, 4.69) is 15.9 Å². The van der Waals surface area contributed by atoms with Crippen molar-refractivity contribution in [3.05, 3.63) is 64.9 Å². The zero-order valence-electron chi connectivity index (χ0n) is 11.3. The van der Waals surface area contributed by atoms with Gasteiger partial charge in [0.15, 0.2) is 9.84 Å². The molecule has 0 aliphatic carbocycles. The van der Waals surface area contributed by atoms with Gasteiger partial charge in [-0.05, 0) is 29.8 Å². The Labute approximate surface area is 141 Å². The highest BCUT2D eigenvalue weighted by Gasteiger charge is 2.36. The van der Waals surface area contributed by atoms with Crippen LogP contribution < -0.4 is 0 Å². The first-order chi connectivity index (χ1) is 10.3. The van der Waals surface area contributed by atoms with Crippen molar-refractivity contribution in [1.29, 1.82) is 0 Å². The monoisotopic (exact) mass is 406 g/mol. The Morgan fingerprint density at radius 3 is 2.45 bits per heavy atom. The summed E-state index contributed by atoms with van der Waals surface area (Å²) in [6.07, 6.45) is 0. The number of sulfone groups is 1. The van der Waals surface area contributed by atoms with Gasteiger partial charge in [-0.1, -0.05) is 51.8 Å². The van der Waals surface area contributed by atoms with Gasteiger partial charge in [0.25, 0.3) is 0 Å². The highest BCUT2D eigenvalue weighted by molar-refractivity contribution is 9.09. The Balaban J connectivity index is 2.43. The lowest BCUT2D eigenvalue weighted by Gasteiger charge is -2.26. The van der Waals surface area contributed by atoms with E-state index < -0.39 is 27.0 Å². The van der Waals surface area contributed by atoms with Crippen molar-refractivity contribution >= 4 is 37.4 Å². The molecule has 0 fully saturated rings. The average Bonchev–Trinajstić information content (AvgIpc) is 2.47. The third-order valence-corrected chi connectivity index (χ3v) is 6.44. The molecule has 0 aliphatic heterocycles. The minimum Gasteiger partial charge on any atom is -0.383 e. The Morgan fingerprint density at radius 2 is 1.86 bits per heavy atom. The van der Waals surface area contributed by atoms with Crippen LogP contribution in [0.25, 0.3) is 0 Å². The molecule has 0 aromatic heterocycles. The molecule has 0 spiro atoms. The van der Waals surface area contributed by atoms with Gasteiger partial charge in [-0.2, -0.15) is 0 Å². The molecular weight excluding hydrogens is 395 g/mol. The van der Waals surface area contributed by atoms with Crippen LogP contribution in [0.4, 0.5) is 4.39 Å². The van der Waals surface area contributed by atoms with Gasteiger partial charge in [-0.15, -0.1) is 0 Å². The van der Waals surface area contributed by atoms with Gasteiger partial charge >= 0.3 is 0 Å². The predicted molar refractivity (Wildman–Crippen MR) is 87.6 cm³/mol. The van der Waals surface area contributed by atoms with Crippen LogP contribution >= 0.6 is 27.5 Å². The largest absolute Gasteiger partial charge is 0.383 e. The molecule has 3 nitrogen and oxygen atoms in total. The first-order valence-electron chi connectivity index (χ1n) is 6.30. The molecule has 0 amide bonds. The summed E-state index contributed by atoms with van der Waals surface area (Å²) in [4.78, 5) is -0.0626. The maximum Gasteiger partial charge on any atom is 0.183 e. The summed E-state index contributed by atoms with van der Waals surface area (Å²) in [7, 11) is -3.86. The lowest BCUT2D eigenvalue weighted by molar-refractivity contribution is 0.0882. The molecule has 118 valence electrons. The van der Waals surface area contributed by atoms with Crippen molar-refractivity contribution in [2.75, 3.05) is 11.1 Å². The summed E-state index contributed by atoms with van der Waals surface area (Å²) in [6, 6.07) is 11.2. The summed E-state index contributed by atoms with van der Waals surface area (Å²) in [6.45, 7) is 0. The van der Waals surface area contributed by atoms with Gasteiger partial charge < -0.3 is 5.11 Å². The van der Waals surface area contributed by atoms with E-state index in [1.165, 1.54) is 30.3 Å². The fourth-order valence-corrected chi connectivity index (χ4v) is 5.04. The molecule has 2 aromatic rings. The second kappa shape index (κ2) is 6.66. The topological polar surface area (TPSA) is 54.4 Å². The second-order valence-electron chi connectivity index (χ2n) is 4.87. The van der Waals surface area contributed by atoms with Crippen molar-refractivity contribution in [2.24, 2.45) is 0 Å². The maximum atomic E-state index is 13.4. The Morgan fingerprint density at radius 1 is 1.18 bits per heavy atom. The first kappa shape index (κ1) is 17.4. The van der Waals surface area contributed by atoms with Crippen LogP contribution in [0.2, 0.25) is 5.02 Å². The molecule has 0 bridgehead atoms. The van der Waals surface area contributed by atoms with Crippen molar-refractivity contribution in [1.82, 2.24) is 0 Å². The van der Waals surface area contributed by atoms with Crippen molar-refractivity contribution in [3.8, 4) is 0 Å². The van der Waals surface area contributed by atoms with Crippen LogP contribution in [-0.4, -0.2) is 24.6 Å². The highest BCUT2D eigenvalue weighted by atomic mass is 79.9. The zero-order valence-corrected chi connectivity index (χ0v) is 14.5. The molecule has 0 radical (unpaired) electrons. The Kier molecular flexibility index (Phi) is 5.27. The molecule has 2 rings (SSSR count). The van der Waals surface area contributed by atoms with Crippen molar-refractivity contribution in [2.45, 2.75) is 10.5 Å². The molecular formula is C15H13BrClFO3S. The van der Waals surface area contributed by atoms with Gasteiger partial charge in [0.2, 0.25) is 0 Å². The smallest absolute Gasteiger partial charge is 0.183 e. The zero-order chi connectivity index (χ0) is 16.4. The van der Waals surface area contributed by atoms with Gasteiger partial charge in [-0.3, -0.25) is 0 Å². The van der Waals surface area contributed by atoms with Crippen LogP contribution in [0.1, 0.15) is 5.56 Å². The number of hydrogen-bond acceptors (Lipinski definition) is 3. The predicted octanol–water partition coefficient (Wildman–Crippen LogP) is 3.54. The van der Waals surface area contributed by atoms with E-state index >= 15 is 0 Å². The molecule has 1 unspecified atom stereocenters. The number of hydrogen-bond donors (Lipinski definition) is 1. The summed E-state index contributed by atoms with van der Waals surface area (Å²) in [5, 5.41) is 10.7. The van der Waals surface area contributed by atoms with E-state index in [0.717, 1.165) is 6.07 Å². The Bertz CT molecular complexity index is 782. The highest BCUT2D eigenvalue weighted by Crippen LogP contribution is 2.30. The van der Waals surface area contributed by atoms with Crippen LogP contribution in [0.15, 0.2) is 53.4 Å². The fourth-order valence-electron chi connectivity index (χ4n) is 2.07. The summed E-state index contributed by atoms with van der Waals surface area (Å²) in [5.41, 5.74) is -1.58. The summed E-state index contributed by atoms with van der Waals surface area (Å²) < 4.78 is 38.4. The van der Waals surface area contributed by atoms with E-state index in [4.69, 9.17) is 11.6 Å². The molecule has 7 heteroatoms. The average molecular weight is 408 g/mol. The maximum absolute atomic E-state index is 13.4. The number of alkyl halides is 1. The summed E-state index contributed by atoms with van der Waals surface area (Å²) >= 11 is 9.03. The number of rotatable bonds is 5. The molecule has 1 atom stereocenters. The third kappa shape index (κ3) is 3.68. The van der Waals surface area contributed by atoms with Crippen LogP contribution in [0.5, 0.6) is 0 Å². The quantitative estimate of drug-likeness (QED) is 0.771. The van der Waals surface area contributed by atoms with E-state index in [1.807, 2.05) is 0 Å². The second-order valence-corrected chi connectivity index (χ2v) is 7.79. The van der Waals surface area contributed by atoms with Crippen LogP contribution in [0.3, 0.4) is 0 Å². The minimum atomic E-state index is -3.86. The molecule has 22 heavy (non-hydrogen) atoms. The standard InChI is InChI=1S/C15H13BrClFO3S/c16-9-15(19,11-4-3-5-12(18)8-11)10-22(20,21)14-7-2-1-6-13(14)17/h1-8,19H,9-10H2. The van der Waals surface area contributed by atoms with E-state index in [9.17, 15) is 17.9 Å². The minimum absolute atomic E-state index is 0.0624. The third-order valence-electron chi connectivity index (χ3n) is 3.18. The first-order valence-corrected chi connectivity index (χ1v) is 9.45. The van der Waals surface area contributed by atoms with Gasteiger partial charge in [0.1, 0.15) is 11.4 Å². The van der Waals surface area contributed by atoms with Crippen molar-refractivity contribution in [3.63, 3.8) is 0 Å². The lowest BCUT2D eigenvalue weighted by atomic mass is 9.98. The number of aliphatic hydroxyl groups is 1. The molecule has 0 saturated heterocycles. The van der Waals surface area contributed by atoms with Gasteiger partial charge in [-0.25, -0.2) is 12.8 Å². The van der Waals surface area contributed by atoms with Crippen LogP contribution in [0, 0.1) is 5.82 Å². The SMILES string of the molecule is O=S(=O)(CC(O)(CBr)c1cccc(F)c1)c1ccccc1Cl. The summed E-state index contributed by atoms with van der Waals surface area (Å²) in [5.74, 6) is -1.16. The Hall–Kier alpha value is -0.950. The molecule has 1 N–H and O–H groups in total. The van der Waals surface area contributed by atoms with Gasteiger partial charge in [0, 0.05) is 5.33 Å². The molecule has 0 aliphatic rings. The van der Waals surface area contributed by atoms with E-state index in [-0.39, 0.29) is 20.8 Å². The normalized spacial score (nSPS) is 14.5. The lowest BCUT2D eigenvalue weighted by Crippen LogP contribution is -2.36. The fraction of sp³-hybridized carbons (Fsp3) is 0.200. The van der Waals surface area contributed by atoms with E-state index in [0.29, 0.717) is 0 Å². The number of halogens is 3. The molecule has 0 heterocycles. The van der Waals surface area contributed by atoms with Crippen LogP contribution in [-0.2, 0) is 15.4 Å². The van der Waals surface area contributed by atoms with E-state index in [1.54, 1.807) is 12.1 Å². The molecule has 0 saturated carbocycles. The van der Waals surface area contributed by atoms with Crippen molar-refractivity contribution < 1.29 is 17.9 Å². The number of benzene rings is 2. The van der Waals surface area contributed by atoms with Gasteiger partial charge in [0.05, 0.1) is 15.7 Å².